The number of esters is 1. The molecule has 3 rings (SSSR count). The molecule has 0 spiro atoms. The lowest BCUT2D eigenvalue weighted by molar-refractivity contribution is -0.148. The van der Waals surface area contributed by atoms with Crippen LogP contribution in [0.3, 0.4) is 0 Å². The molecular weight excluding hydrogens is 374 g/mol. The number of carbonyl (C=O) groups is 2. The lowest BCUT2D eigenvalue weighted by Gasteiger charge is -2.22. The molecule has 1 amide bonds. The van der Waals surface area contributed by atoms with Crippen LogP contribution in [0.25, 0.3) is 6.08 Å². The summed E-state index contributed by atoms with van der Waals surface area (Å²) in [5.41, 5.74) is 0.732. The fourth-order valence-electron chi connectivity index (χ4n) is 2.90. The fraction of sp³-hybridized carbons (Fsp3) is 0.444. The summed E-state index contributed by atoms with van der Waals surface area (Å²) in [5.74, 6) is 0.202. The quantitative estimate of drug-likeness (QED) is 0.533. The highest BCUT2D eigenvalue weighted by Gasteiger charge is 2.32. The van der Waals surface area contributed by atoms with Gasteiger partial charge in [-0.1, -0.05) is 6.07 Å². The summed E-state index contributed by atoms with van der Waals surface area (Å²) in [4.78, 5) is 25.2. The van der Waals surface area contributed by atoms with Crippen LogP contribution in [0.5, 0.6) is 11.5 Å². The van der Waals surface area contributed by atoms with Crippen molar-refractivity contribution in [3.8, 4) is 11.5 Å². The first-order valence-electron chi connectivity index (χ1n) is 8.55. The minimum absolute atomic E-state index is 0.0484. The van der Waals surface area contributed by atoms with Gasteiger partial charge in [0.15, 0.2) is 27.9 Å². The SMILES string of the molecule is CN(C(=O)COC(=O)/C=C/c1ccc2c(c1)OCCO2)[C@@H]1CCS(=O)(=O)C1. The summed E-state index contributed by atoms with van der Waals surface area (Å²) < 4.78 is 38.8. The highest BCUT2D eigenvalue weighted by molar-refractivity contribution is 7.91. The van der Waals surface area contributed by atoms with Gasteiger partial charge in [-0.25, -0.2) is 13.2 Å². The largest absolute Gasteiger partial charge is 0.486 e. The maximum atomic E-state index is 12.1. The number of nitrogens with zero attached hydrogens (tertiary/aromatic N) is 1. The molecule has 0 saturated carbocycles. The van der Waals surface area contributed by atoms with Crippen molar-refractivity contribution in [1.82, 2.24) is 4.90 Å². The fourth-order valence-corrected chi connectivity index (χ4v) is 4.67. The molecule has 2 aliphatic rings. The molecule has 0 aromatic heterocycles. The van der Waals surface area contributed by atoms with E-state index in [1.807, 2.05) is 0 Å². The molecule has 8 nitrogen and oxygen atoms in total. The summed E-state index contributed by atoms with van der Waals surface area (Å²) in [6.45, 7) is 0.543. The van der Waals surface area contributed by atoms with E-state index in [1.165, 1.54) is 18.0 Å². The van der Waals surface area contributed by atoms with E-state index in [2.05, 4.69) is 0 Å². The van der Waals surface area contributed by atoms with Gasteiger partial charge >= 0.3 is 5.97 Å². The first-order valence-corrected chi connectivity index (χ1v) is 10.4. The van der Waals surface area contributed by atoms with Crippen molar-refractivity contribution in [3.63, 3.8) is 0 Å². The molecule has 0 radical (unpaired) electrons. The Morgan fingerprint density at radius 1 is 1.26 bits per heavy atom. The van der Waals surface area contributed by atoms with Crippen LogP contribution >= 0.6 is 0 Å². The number of fused-ring (bicyclic) bond motifs is 1. The van der Waals surface area contributed by atoms with Gasteiger partial charge in [-0.05, 0) is 30.2 Å². The zero-order valence-corrected chi connectivity index (χ0v) is 15.7. The van der Waals surface area contributed by atoms with Gasteiger partial charge in [0.1, 0.15) is 13.2 Å². The lowest BCUT2D eigenvalue weighted by atomic mass is 10.2. The number of sulfone groups is 1. The van der Waals surface area contributed by atoms with E-state index in [4.69, 9.17) is 14.2 Å². The highest BCUT2D eigenvalue weighted by atomic mass is 32.2. The Kier molecular flexibility index (Phi) is 5.69. The second-order valence-electron chi connectivity index (χ2n) is 6.41. The van der Waals surface area contributed by atoms with E-state index < -0.39 is 28.3 Å². The van der Waals surface area contributed by atoms with E-state index in [1.54, 1.807) is 24.3 Å². The number of benzene rings is 1. The van der Waals surface area contributed by atoms with Gasteiger partial charge in [0.05, 0.1) is 11.5 Å². The van der Waals surface area contributed by atoms with Crippen LogP contribution in [0.4, 0.5) is 0 Å². The van der Waals surface area contributed by atoms with Gasteiger partial charge in [0.2, 0.25) is 0 Å². The monoisotopic (exact) mass is 395 g/mol. The Morgan fingerprint density at radius 3 is 2.70 bits per heavy atom. The molecule has 1 aromatic carbocycles. The second-order valence-corrected chi connectivity index (χ2v) is 8.63. The maximum absolute atomic E-state index is 12.1. The third-order valence-electron chi connectivity index (χ3n) is 4.47. The number of hydrogen-bond donors (Lipinski definition) is 0. The van der Waals surface area contributed by atoms with Crippen molar-refractivity contribution in [2.75, 3.05) is 38.4 Å². The summed E-state index contributed by atoms with van der Waals surface area (Å²) in [5, 5.41) is 0. The Labute approximate surface area is 157 Å². The third-order valence-corrected chi connectivity index (χ3v) is 6.22. The number of amides is 1. The first-order chi connectivity index (χ1) is 12.8. The van der Waals surface area contributed by atoms with Crippen molar-refractivity contribution in [1.29, 1.82) is 0 Å². The van der Waals surface area contributed by atoms with Crippen molar-refractivity contribution in [2.24, 2.45) is 0 Å². The Hall–Kier alpha value is -2.55. The number of carbonyl (C=O) groups excluding carboxylic acids is 2. The third kappa shape index (κ3) is 5.00. The Balaban J connectivity index is 1.49. The molecule has 27 heavy (non-hydrogen) atoms. The molecule has 2 aliphatic heterocycles. The van der Waals surface area contributed by atoms with Gasteiger partial charge < -0.3 is 19.1 Å². The second kappa shape index (κ2) is 7.99. The van der Waals surface area contributed by atoms with Crippen LogP contribution in [0.1, 0.15) is 12.0 Å². The number of likely N-dealkylation sites (N-methyl/N-ethyl adjacent to an activating group) is 1. The van der Waals surface area contributed by atoms with Crippen molar-refractivity contribution in [3.05, 3.63) is 29.8 Å². The molecule has 0 unspecified atom stereocenters. The minimum Gasteiger partial charge on any atom is -0.486 e. The summed E-state index contributed by atoms with van der Waals surface area (Å²) in [6.07, 6.45) is 3.18. The number of hydrogen-bond acceptors (Lipinski definition) is 7. The van der Waals surface area contributed by atoms with E-state index >= 15 is 0 Å². The molecule has 1 fully saturated rings. The average molecular weight is 395 g/mol. The van der Waals surface area contributed by atoms with E-state index in [0.29, 0.717) is 31.1 Å². The molecule has 9 heteroatoms. The van der Waals surface area contributed by atoms with Crippen LogP contribution in [-0.4, -0.2) is 69.6 Å². The van der Waals surface area contributed by atoms with Gasteiger partial charge in [0.25, 0.3) is 5.91 Å². The highest BCUT2D eigenvalue weighted by Crippen LogP contribution is 2.31. The number of rotatable bonds is 5. The van der Waals surface area contributed by atoms with Gasteiger partial charge in [-0.2, -0.15) is 0 Å². The molecule has 1 saturated heterocycles. The smallest absolute Gasteiger partial charge is 0.331 e. The van der Waals surface area contributed by atoms with Crippen molar-refractivity contribution < 1.29 is 32.2 Å². The summed E-state index contributed by atoms with van der Waals surface area (Å²) in [6, 6.07) is 4.91. The topological polar surface area (TPSA) is 99.2 Å². The molecule has 1 aromatic rings. The standard InChI is InChI=1S/C18H21NO7S/c1-19(14-6-9-27(22,23)12-14)17(20)11-26-18(21)5-3-13-2-4-15-16(10-13)25-8-7-24-15/h2-5,10,14H,6-9,11-12H2,1H3/b5-3+/t14-/m1/s1. The van der Waals surface area contributed by atoms with Crippen LogP contribution < -0.4 is 9.47 Å². The first kappa shape index (κ1) is 19.2. The molecule has 0 bridgehead atoms. The van der Waals surface area contributed by atoms with E-state index in [9.17, 15) is 18.0 Å². The molecular formula is C18H21NO7S. The van der Waals surface area contributed by atoms with Crippen LogP contribution in [0, 0.1) is 0 Å². The van der Waals surface area contributed by atoms with Crippen LogP contribution in [-0.2, 0) is 24.2 Å². The molecule has 146 valence electrons. The van der Waals surface area contributed by atoms with Gasteiger partial charge in [-0.15, -0.1) is 0 Å². The average Bonchev–Trinajstić information content (AvgIpc) is 3.03. The van der Waals surface area contributed by atoms with E-state index in [-0.39, 0.29) is 17.5 Å². The summed E-state index contributed by atoms with van der Waals surface area (Å²) >= 11 is 0. The summed E-state index contributed by atoms with van der Waals surface area (Å²) in [7, 11) is -1.56. The minimum atomic E-state index is -3.08. The lowest BCUT2D eigenvalue weighted by Crippen LogP contribution is -2.40. The van der Waals surface area contributed by atoms with Gasteiger partial charge in [-0.3, -0.25) is 4.79 Å². The zero-order chi connectivity index (χ0) is 19.4. The Morgan fingerprint density at radius 2 is 2.00 bits per heavy atom. The Bertz CT molecular complexity index is 862. The molecule has 2 heterocycles. The van der Waals surface area contributed by atoms with Crippen molar-refractivity contribution >= 4 is 27.8 Å². The predicted octanol–water partition coefficient (Wildman–Crippen LogP) is 0.660. The van der Waals surface area contributed by atoms with Crippen molar-refractivity contribution in [2.45, 2.75) is 12.5 Å². The number of ether oxygens (including phenoxy) is 3. The molecule has 0 aliphatic carbocycles. The maximum Gasteiger partial charge on any atom is 0.331 e. The normalized spacial score (nSPS) is 20.4. The molecule has 1 atom stereocenters. The molecule has 0 N–H and O–H groups in total. The van der Waals surface area contributed by atoms with Gasteiger partial charge in [0, 0.05) is 19.2 Å². The van der Waals surface area contributed by atoms with Crippen LogP contribution in [0.15, 0.2) is 24.3 Å². The van der Waals surface area contributed by atoms with Crippen LogP contribution in [0.2, 0.25) is 0 Å². The predicted molar refractivity (Wildman–Crippen MR) is 97.3 cm³/mol. The van der Waals surface area contributed by atoms with E-state index in [0.717, 1.165) is 5.56 Å². The zero-order valence-electron chi connectivity index (χ0n) is 14.9.